The predicted octanol–water partition coefficient (Wildman–Crippen LogP) is 3.25. The number of hydrogen-bond acceptors (Lipinski definition) is 7. The van der Waals surface area contributed by atoms with Crippen molar-refractivity contribution in [2.45, 2.75) is 19.9 Å². The zero-order chi connectivity index (χ0) is 22.5. The monoisotopic (exact) mass is 429 g/mol. The van der Waals surface area contributed by atoms with Crippen LogP contribution in [0.3, 0.4) is 0 Å². The molecule has 9 nitrogen and oxygen atoms in total. The average molecular weight is 429 g/mol. The summed E-state index contributed by atoms with van der Waals surface area (Å²) in [5.41, 5.74) is 2.59. The van der Waals surface area contributed by atoms with Crippen molar-refractivity contribution in [3.63, 3.8) is 0 Å². The SMILES string of the molecule is COc1cc(C)c([C@@H](C)NC(=O)c2cc([N+](=O)[O-])ccc2N2CCOCC2)cc1OC. The van der Waals surface area contributed by atoms with Gasteiger partial charge in [-0.2, -0.15) is 0 Å². The molecule has 0 unspecified atom stereocenters. The number of rotatable bonds is 7. The van der Waals surface area contributed by atoms with E-state index < -0.39 is 4.92 Å². The van der Waals surface area contributed by atoms with Gasteiger partial charge in [0.15, 0.2) is 11.5 Å². The molecule has 31 heavy (non-hydrogen) atoms. The Bertz CT molecular complexity index is 972. The molecule has 0 radical (unpaired) electrons. The van der Waals surface area contributed by atoms with Gasteiger partial charge in [0.2, 0.25) is 0 Å². The van der Waals surface area contributed by atoms with E-state index in [0.29, 0.717) is 43.5 Å². The molecule has 1 N–H and O–H groups in total. The third-order valence-corrected chi connectivity index (χ3v) is 5.37. The molecule has 2 aromatic rings. The molecular weight excluding hydrogens is 402 g/mol. The summed E-state index contributed by atoms with van der Waals surface area (Å²) < 4.78 is 16.1. The van der Waals surface area contributed by atoms with Crippen LogP contribution in [-0.4, -0.2) is 51.4 Å². The highest BCUT2D eigenvalue weighted by Gasteiger charge is 2.24. The van der Waals surface area contributed by atoms with Crippen molar-refractivity contribution in [1.82, 2.24) is 5.32 Å². The molecule has 1 saturated heterocycles. The van der Waals surface area contributed by atoms with E-state index >= 15 is 0 Å². The van der Waals surface area contributed by atoms with Gasteiger partial charge in [-0.1, -0.05) is 0 Å². The number of carbonyl (C=O) groups excluding carboxylic acids is 1. The van der Waals surface area contributed by atoms with Crippen LogP contribution in [0.25, 0.3) is 0 Å². The number of hydrogen-bond donors (Lipinski definition) is 1. The first-order valence-electron chi connectivity index (χ1n) is 10.00. The summed E-state index contributed by atoms with van der Waals surface area (Å²) in [4.78, 5) is 26.0. The zero-order valence-corrected chi connectivity index (χ0v) is 18.1. The topological polar surface area (TPSA) is 103 Å². The quantitative estimate of drug-likeness (QED) is 0.532. The molecule has 0 bridgehead atoms. The maximum absolute atomic E-state index is 13.2. The molecule has 3 rings (SSSR count). The lowest BCUT2D eigenvalue weighted by Gasteiger charge is -2.30. The normalized spacial score (nSPS) is 14.6. The average Bonchev–Trinajstić information content (AvgIpc) is 2.78. The summed E-state index contributed by atoms with van der Waals surface area (Å²) in [5, 5.41) is 14.3. The molecule has 2 aromatic carbocycles. The van der Waals surface area contributed by atoms with Crippen LogP contribution in [0.15, 0.2) is 30.3 Å². The van der Waals surface area contributed by atoms with Gasteiger partial charge in [-0.05, 0) is 43.2 Å². The number of carbonyl (C=O) groups is 1. The molecule has 1 fully saturated rings. The first-order valence-corrected chi connectivity index (χ1v) is 10.00. The van der Waals surface area contributed by atoms with Crippen LogP contribution in [0.1, 0.15) is 34.5 Å². The summed E-state index contributed by atoms with van der Waals surface area (Å²) in [6.45, 7) is 6.09. The van der Waals surface area contributed by atoms with E-state index in [-0.39, 0.29) is 23.2 Å². The van der Waals surface area contributed by atoms with E-state index in [2.05, 4.69) is 5.32 Å². The lowest BCUT2D eigenvalue weighted by Crippen LogP contribution is -2.38. The number of aryl methyl sites for hydroxylation is 1. The number of morpholine rings is 1. The van der Waals surface area contributed by atoms with Crippen molar-refractivity contribution < 1.29 is 23.9 Å². The predicted molar refractivity (Wildman–Crippen MR) is 116 cm³/mol. The molecular formula is C22H27N3O6. The largest absolute Gasteiger partial charge is 0.493 e. The lowest BCUT2D eigenvalue weighted by molar-refractivity contribution is -0.384. The van der Waals surface area contributed by atoms with Crippen LogP contribution in [0.2, 0.25) is 0 Å². The Hall–Kier alpha value is -3.33. The Labute approximate surface area is 181 Å². The fraction of sp³-hybridized carbons (Fsp3) is 0.409. The van der Waals surface area contributed by atoms with Gasteiger partial charge in [0, 0.05) is 25.2 Å². The molecule has 0 saturated carbocycles. The minimum atomic E-state index is -0.498. The van der Waals surface area contributed by atoms with Gasteiger partial charge >= 0.3 is 0 Å². The number of nitrogens with one attached hydrogen (secondary N) is 1. The van der Waals surface area contributed by atoms with Crippen molar-refractivity contribution in [2.24, 2.45) is 0 Å². The smallest absolute Gasteiger partial charge is 0.270 e. The Morgan fingerprint density at radius 3 is 2.42 bits per heavy atom. The number of nitro groups is 1. The Morgan fingerprint density at radius 2 is 1.81 bits per heavy atom. The summed E-state index contributed by atoms with van der Waals surface area (Å²) in [6, 6.07) is 7.70. The minimum Gasteiger partial charge on any atom is -0.493 e. The van der Waals surface area contributed by atoms with E-state index in [0.717, 1.165) is 11.1 Å². The number of ether oxygens (including phenoxy) is 3. The highest BCUT2D eigenvalue weighted by atomic mass is 16.6. The second-order valence-corrected chi connectivity index (χ2v) is 7.32. The summed E-state index contributed by atoms with van der Waals surface area (Å²) in [5.74, 6) is 0.788. The van der Waals surface area contributed by atoms with E-state index in [1.807, 2.05) is 30.9 Å². The number of non-ortho nitro benzene ring substituents is 1. The standard InChI is InChI=1S/C22H27N3O6/c1-14-11-20(29-3)21(30-4)13-17(14)15(2)23-22(26)18-12-16(25(27)28)5-6-19(18)24-7-9-31-10-8-24/h5-6,11-13,15H,7-10H2,1-4H3,(H,23,26)/t15-/m1/s1. The number of nitrogens with zero attached hydrogens (tertiary/aromatic N) is 2. The fourth-order valence-electron chi connectivity index (χ4n) is 3.71. The van der Waals surface area contributed by atoms with Crippen molar-refractivity contribution in [3.05, 3.63) is 57.1 Å². The van der Waals surface area contributed by atoms with E-state index in [1.165, 1.54) is 12.1 Å². The molecule has 166 valence electrons. The van der Waals surface area contributed by atoms with Crippen molar-refractivity contribution in [1.29, 1.82) is 0 Å². The van der Waals surface area contributed by atoms with Crippen LogP contribution in [0, 0.1) is 17.0 Å². The molecule has 0 aromatic heterocycles. The number of anilines is 1. The summed E-state index contributed by atoms with van der Waals surface area (Å²) in [7, 11) is 3.12. The van der Waals surface area contributed by atoms with E-state index in [1.54, 1.807) is 20.3 Å². The van der Waals surface area contributed by atoms with Crippen LogP contribution >= 0.6 is 0 Å². The van der Waals surface area contributed by atoms with Gasteiger partial charge in [0.1, 0.15) is 0 Å². The molecule has 1 amide bonds. The highest BCUT2D eigenvalue weighted by molar-refractivity contribution is 6.00. The zero-order valence-electron chi connectivity index (χ0n) is 18.1. The maximum Gasteiger partial charge on any atom is 0.270 e. The molecule has 0 spiro atoms. The first-order chi connectivity index (χ1) is 14.8. The summed E-state index contributed by atoms with van der Waals surface area (Å²) >= 11 is 0. The molecule has 1 atom stereocenters. The third-order valence-electron chi connectivity index (χ3n) is 5.37. The lowest BCUT2D eigenvalue weighted by atomic mass is 10.0. The van der Waals surface area contributed by atoms with Crippen molar-refractivity contribution in [2.75, 3.05) is 45.4 Å². The molecule has 9 heteroatoms. The Morgan fingerprint density at radius 1 is 1.16 bits per heavy atom. The number of methoxy groups -OCH3 is 2. The third kappa shape index (κ3) is 4.88. The molecule has 1 aliphatic heterocycles. The van der Waals surface area contributed by atoms with Gasteiger partial charge < -0.3 is 24.4 Å². The molecule has 1 aliphatic rings. The first kappa shape index (κ1) is 22.4. The maximum atomic E-state index is 13.2. The number of amides is 1. The van der Waals surface area contributed by atoms with Gasteiger partial charge in [0.05, 0.1) is 49.6 Å². The second-order valence-electron chi connectivity index (χ2n) is 7.32. The van der Waals surface area contributed by atoms with Gasteiger partial charge in [0.25, 0.3) is 11.6 Å². The van der Waals surface area contributed by atoms with Crippen LogP contribution in [-0.2, 0) is 4.74 Å². The van der Waals surface area contributed by atoms with Crippen LogP contribution in [0.5, 0.6) is 11.5 Å². The summed E-state index contributed by atoms with van der Waals surface area (Å²) in [6.07, 6.45) is 0. The number of nitro benzene ring substituents is 1. The van der Waals surface area contributed by atoms with Crippen molar-refractivity contribution >= 4 is 17.3 Å². The fourth-order valence-corrected chi connectivity index (χ4v) is 3.71. The van der Waals surface area contributed by atoms with E-state index in [9.17, 15) is 14.9 Å². The van der Waals surface area contributed by atoms with Crippen LogP contribution < -0.4 is 19.7 Å². The van der Waals surface area contributed by atoms with Crippen molar-refractivity contribution in [3.8, 4) is 11.5 Å². The van der Waals surface area contributed by atoms with Gasteiger partial charge in [-0.15, -0.1) is 0 Å². The van der Waals surface area contributed by atoms with E-state index in [4.69, 9.17) is 14.2 Å². The molecule has 0 aliphatic carbocycles. The second kappa shape index (κ2) is 9.65. The Balaban J connectivity index is 1.91. The van der Waals surface area contributed by atoms with Gasteiger partial charge in [-0.25, -0.2) is 0 Å². The van der Waals surface area contributed by atoms with Crippen LogP contribution in [0.4, 0.5) is 11.4 Å². The molecule has 1 heterocycles. The Kier molecular flexibility index (Phi) is 6.96. The number of benzene rings is 2. The minimum absolute atomic E-state index is 0.128. The van der Waals surface area contributed by atoms with Gasteiger partial charge in [-0.3, -0.25) is 14.9 Å². The highest BCUT2D eigenvalue weighted by Crippen LogP contribution is 2.33.